The van der Waals surface area contributed by atoms with Gasteiger partial charge in [0.25, 0.3) is 0 Å². The van der Waals surface area contributed by atoms with Crippen molar-refractivity contribution in [2.24, 2.45) is 4.99 Å². The number of ether oxygens (including phenoxy) is 1. The Morgan fingerprint density at radius 3 is 3.13 bits per heavy atom. The zero-order chi connectivity index (χ0) is 11.4. The van der Waals surface area contributed by atoms with Gasteiger partial charge in [-0.25, -0.2) is 9.67 Å². The molecular formula is C8H10BrFN3OP. The minimum Gasteiger partial charge on any atom is -0.460 e. The maximum atomic E-state index is 12.5. The van der Waals surface area contributed by atoms with Gasteiger partial charge in [0.05, 0.1) is 16.9 Å². The van der Waals surface area contributed by atoms with Crippen LogP contribution in [0.1, 0.15) is 6.92 Å². The van der Waals surface area contributed by atoms with Crippen LogP contribution in [0.3, 0.4) is 0 Å². The number of hydrogen-bond acceptors (Lipinski definition) is 3. The number of aromatic nitrogens is 2. The van der Waals surface area contributed by atoms with Crippen LogP contribution in [0.15, 0.2) is 21.4 Å². The number of nitrogens with zero attached hydrogens (tertiary/aromatic N) is 3. The molecule has 4 nitrogen and oxygen atoms in total. The van der Waals surface area contributed by atoms with Crippen molar-refractivity contribution >= 4 is 43.9 Å². The normalized spacial score (nSPS) is 13.7. The van der Waals surface area contributed by atoms with Crippen LogP contribution in [-0.4, -0.2) is 22.6 Å². The van der Waals surface area contributed by atoms with Gasteiger partial charge in [0.15, 0.2) is 5.82 Å². The molecule has 82 valence electrons. The number of halogens is 2. The number of allylic oxidation sites excluding steroid dienone is 1. The number of hydrogen-bond donors (Lipinski definition) is 0. The highest BCUT2D eigenvalue weighted by Crippen LogP contribution is 2.25. The number of rotatable bonds is 4. The summed E-state index contributed by atoms with van der Waals surface area (Å²) in [5.41, 5.74) is 0. The Morgan fingerprint density at radius 1 is 1.93 bits per heavy atom. The van der Waals surface area contributed by atoms with Gasteiger partial charge in [0, 0.05) is 0 Å². The highest BCUT2D eigenvalue weighted by atomic mass is 79.9. The van der Waals surface area contributed by atoms with Crippen LogP contribution in [0.25, 0.3) is 6.20 Å². The third-order valence-corrected chi connectivity index (χ3v) is 2.17. The molecule has 0 aliphatic rings. The monoisotopic (exact) mass is 293 g/mol. The molecule has 0 fully saturated rings. The molecule has 7 heteroatoms. The average Bonchev–Trinajstić information content (AvgIpc) is 2.45. The predicted octanol–water partition coefficient (Wildman–Crippen LogP) is 2.94. The Balaban J connectivity index is 2.92. The Bertz CT molecular complexity index is 391. The molecule has 0 aliphatic carbocycles. The smallest absolute Gasteiger partial charge is 0.249 e. The van der Waals surface area contributed by atoms with E-state index < -0.39 is 6.10 Å². The molecule has 0 aliphatic heterocycles. The summed E-state index contributed by atoms with van der Waals surface area (Å²) in [6.07, 6.45) is 1.66. The van der Waals surface area contributed by atoms with Gasteiger partial charge in [-0.15, -0.1) is 0 Å². The fourth-order valence-corrected chi connectivity index (χ4v) is 1.57. The third-order valence-electron chi connectivity index (χ3n) is 1.48. The summed E-state index contributed by atoms with van der Waals surface area (Å²) in [5.74, 6) is 0.926. The zero-order valence-electron chi connectivity index (χ0n) is 8.02. The van der Waals surface area contributed by atoms with Crippen molar-refractivity contribution in [1.29, 1.82) is 0 Å². The van der Waals surface area contributed by atoms with E-state index in [9.17, 15) is 4.39 Å². The first-order chi connectivity index (χ1) is 7.04. The van der Waals surface area contributed by atoms with Crippen LogP contribution >= 0.6 is 25.2 Å². The van der Waals surface area contributed by atoms with E-state index in [0.717, 1.165) is 0 Å². The van der Waals surface area contributed by atoms with Gasteiger partial charge < -0.3 is 4.74 Å². The fourth-order valence-electron chi connectivity index (χ4n) is 0.957. The SMILES string of the molecule is C=Nc1c(Br)cnn1/C=C(\C)OC(F)P. The Kier molecular flexibility index (Phi) is 4.42. The molecule has 0 saturated heterocycles. The van der Waals surface area contributed by atoms with Crippen LogP contribution in [-0.2, 0) is 4.74 Å². The van der Waals surface area contributed by atoms with Crippen molar-refractivity contribution in [3.8, 4) is 0 Å². The summed E-state index contributed by atoms with van der Waals surface area (Å²) in [5, 5.41) is 3.98. The molecule has 15 heavy (non-hydrogen) atoms. The first-order valence-electron chi connectivity index (χ1n) is 3.99. The van der Waals surface area contributed by atoms with Gasteiger partial charge in [0.1, 0.15) is 5.76 Å². The van der Waals surface area contributed by atoms with Crippen molar-refractivity contribution < 1.29 is 9.13 Å². The van der Waals surface area contributed by atoms with E-state index in [1.54, 1.807) is 13.1 Å². The van der Waals surface area contributed by atoms with E-state index in [1.165, 1.54) is 10.9 Å². The van der Waals surface area contributed by atoms with Crippen molar-refractivity contribution in [3.63, 3.8) is 0 Å². The molecule has 0 amide bonds. The second-order valence-corrected chi connectivity index (χ2v) is 4.01. The molecule has 2 atom stereocenters. The van der Waals surface area contributed by atoms with E-state index in [4.69, 9.17) is 4.74 Å². The number of aliphatic imine (C=N–C) groups is 1. The molecule has 1 heterocycles. The second-order valence-electron chi connectivity index (χ2n) is 2.63. The zero-order valence-corrected chi connectivity index (χ0v) is 10.8. The van der Waals surface area contributed by atoms with Crippen LogP contribution in [0.4, 0.5) is 10.2 Å². The third kappa shape index (κ3) is 3.39. The molecule has 0 N–H and O–H groups in total. The van der Waals surface area contributed by atoms with Crippen LogP contribution < -0.4 is 0 Å². The first-order valence-corrected chi connectivity index (χ1v) is 5.45. The summed E-state index contributed by atoms with van der Waals surface area (Å²) < 4.78 is 19.4. The van der Waals surface area contributed by atoms with E-state index in [0.29, 0.717) is 16.0 Å². The fraction of sp³-hybridized carbons (Fsp3) is 0.250. The molecule has 2 unspecified atom stereocenters. The van der Waals surface area contributed by atoms with Crippen molar-refractivity contribution in [2.75, 3.05) is 0 Å². The topological polar surface area (TPSA) is 39.4 Å². The largest absolute Gasteiger partial charge is 0.460 e. The minimum atomic E-state index is -1.43. The molecule has 0 radical (unpaired) electrons. The Morgan fingerprint density at radius 2 is 2.60 bits per heavy atom. The quantitative estimate of drug-likeness (QED) is 0.486. The van der Waals surface area contributed by atoms with E-state index >= 15 is 0 Å². The lowest BCUT2D eigenvalue weighted by Crippen LogP contribution is -1.97. The second kappa shape index (κ2) is 5.37. The van der Waals surface area contributed by atoms with Crippen LogP contribution in [0, 0.1) is 0 Å². The van der Waals surface area contributed by atoms with Gasteiger partial charge >= 0.3 is 0 Å². The van der Waals surface area contributed by atoms with Gasteiger partial charge in [0.2, 0.25) is 6.10 Å². The average molecular weight is 294 g/mol. The highest BCUT2D eigenvalue weighted by Gasteiger charge is 2.06. The summed E-state index contributed by atoms with van der Waals surface area (Å²) in [4.78, 5) is 3.77. The van der Waals surface area contributed by atoms with Crippen LogP contribution in [0.5, 0.6) is 0 Å². The summed E-state index contributed by atoms with van der Waals surface area (Å²) in [7, 11) is 1.89. The van der Waals surface area contributed by atoms with Gasteiger partial charge in [-0.1, -0.05) is 9.24 Å². The van der Waals surface area contributed by atoms with E-state index in [2.05, 4.69) is 32.7 Å². The standard InChI is InChI=1S/C8H10BrFN3OP/c1-5(14-8(10)15)4-13-7(11-2)6(9)3-12-13/h3-4,8H,2,15H2,1H3/b5-4+. The van der Waals surface area contributed by atoms with Crippen LogP contribution in [0.2, 0.25) is 0 Å². The molecule has 0 bridgehead atoms. The molecule has 1 aromatic heterocycles. The Labute approximate surface area is 97.5 Å². The predicted molar refractivity (Wildman–Crippen MR) is 64.8 cm³/mol. The maximum absolute atomic E-state index is 12.5. The van der Waals surface area contributed by atoms with Gasteiger partial charge in [-0.2, -0.15) is 9.49 Å². The maximum Gasteiger partial charge on any atom is 0.249 e. The lowest BCUT2D eigenvalue weighted by molar-refractivity contribution is 0.0836. The lowest BCUT2D eigenvalue weighted by Gasteiger charge is -2.06. The molecule has 1 aromatic rings. The van der Waals surface area contributed by atoms with Crippen molar-refractivity contribution in [3.05, 3.63) is 16.4 Å². The minimum absolute atomic E-state index is 0.387. The summed E-state index contributed by atoms with van der Waals surface area (Å²) in [6, 6.07) is 0. The molecule has 1 rings (SSSR count). The Hall–Kier alpha value is -0.740. The molecular weight excluding hydrogens is 284 g/mol. The first kappa shape index (κ1) is 12.3. The lowest BCUT2D eigenvalue weighted by atomic mass is 10.6. The van der Waals surface area contributed by atoms with Gasteiger partial charge in [-0.05, 0) is 29.6 Å². The summed E-state index contributed by atoms with van der Waals surface area (Å²) >= 11 is 3.25. The van der Waals surface area contributed by atoms with Crippen molar-refractivity contribution in [2.45, 2.75) is 13.0 Å². The molecule has 0 spiro atoms. The van der Waals surface area contributed by atoms with E-state index in [-0.39, 0.29) is 0 Å². The van der Waals surface area contributed by atoms with E-state index in [1.807, 2.05) is 9.24 Å². The molecule has 0 aromatic carbocycles. The number of alkyl halides is 1. The molecule has 0 saturated carbocycles. The highest BCUT2D eigenvalue weighted by molar-refractivity contribution is 9.10. The van der Waals surface area contributed by atoms with Gasteiger partial charge in [-0.3, -0.25) is 0 Å². The summed E-state index contributed by atoms with van der Waals surface area (Å²) in [6.45, 7) is 5.03. The van der Waals surface area contributed by atoms with Crippen molar-refractivity contribution in [1.82, 2.24) is 9.78 Å².